The highest BCUT2D eigenvalue weighted by molar-refractivity contribution is 6.01. The van der Waals surface area contributed by atoms with Crippen LogP contribution in [0, 0.1) is 0 Å². The fraction of sp³-hybridized carbons (Fsp3) is 0.200. The lowest BCUT2D eigenvalue weighted by Crippen LogP contribution is -2.07. The molecule has 1 heterocycles. The van der Waals surface area contributed by atoms with Crippen LogP contribution in [-0.2, 0) is 18.3 Å². The van der Waals surface area contributed by atoms with Gasteiger partial charge in [-0.25, -0.2) is 0 Å². The second-order valence-corrected chi connectivity index (χ2v) is 4.32. The summed E-state index contributed by atoms with van der Waals surface area (Å²) < 4.78 is 1.70. The van der Waals surface area contributed by atoms with Crippen molar-refractivity contribution < 1.29 is 4.79 Å². The van der Waals surface area contributed by atoms with Crippen LogP contribution in [0.15, 0.2) is 42.7 Å². The molecular formula is C15H17N3O. The number of aromatic nitrogens is 2. The molecule has 1 aromatic heterocycles. The molecule has 0 aliphatic heterocycles. The van der Waals surface area contributed by atoms with Crippen molar-refractivity contribution in [2.45, 2.75) is 13.3 Å². The van der Waals surface area contributed by atoms with Crippen LogP contribution in [0.2, 0.25) is 0 Å². The zero-order valence-electron chi connectivity index (χ0n) is 11.1. The largest absolute Gasteiger partial charge is 0.323 e. The van der Waals surface area contributed by atoms with Crippen molar-refractivity contribution in [1.82, 2.24) is 9.78 Å². The molecule has 1 N–H and O–H groups in total. The Morgan fingerprint density at radius 3 is 2.68 bits per heavy atom. The first-order valence-electron chi connectivity index (χ1n) is 6.24. The SMILES string of the molecule is CCc1ccc(NC(=O)/C=C/c2cnn(C)c2)cc1. The van der Waals surface area contributed by atoms with Crippen LogP contribution in [-0.4, -0.2) is 15.7 Å². The zero-order valence-corrected chi connectivity index (χ0v) is 11.1. The second-order valence-electron chi connectivity index (χ2n) is 4.32. The first-order valence-corrected chi connectivity index (χ1v) is 6.24. The minimum atomic E-state index is -0.145. The van der Waals surface area contributed by atoms with Gasteiger partial charge < -0.3 is 5.32 Å². The molecule has 0 saturated carbocycles. The van der Waals surface area contributed by atoms with Gasteiger partial charge in [0.1, 0.15) is 0 Å². The van der Waals surface area contributed by atoms with E-state index in [2.05, 4.69) is 17.3 Å². The van der Waals surface area contributed by atoms with Gasteiger partial charge in [-0.2, -0.15) is 5.10 Å². The third-order valence-electron chi connectivity index (χ3n) is 2.78. The molecule has 0 aliphatic carbocycles. The van der Waals surface area contributed by atoms with E-state index in [9.17, 15) is 4.79 Å². The van der Waals surface area contributed by atoms with Gasteiger partial charge in [0.2, 0.25) is 5.91 Å². The Balaban J connectivity index is 1.95. The summed E-state index contributed by atoms with van der Waals surface area (Å²) >= 11 is 0. The number of amides is 1. The summed E-state index contributed by atoms with van der Waals surface area (Å²) in [6, 6.07) is 7.85. The summed E-state index contributed by atoms with van der Waals surface area (Å²) in [5.74, 6) is -0.145. The van der Waals surface area contributed by atoms with Crippen LogP contribution >= 0.6 is 0 Å². The summed E-state index contributed by atoms with van der Waals surface area (Å²) in [6.45, 7) is 2.10. The average molecular weight is 255 g/mol. The van der Waals surface area contributed by atoms with Gasteiger partial charge >= 0.3 is 0 Å². The fourth-order valence-electron chi connectivity index (χ4n) is 1.71. The van der Waals surface area contributed by atoms with E-state index in [-0.39, 0.29) is 5.91 Å². The number of hydrogen-bond donors (Lipinski definition) is 1. The molecule has 4 heteroatoms. The lowest BCUT2D eigenvalue weighted by atomic mass is 10.1. The van der Waals surface area contributed by atoms with Gasteiger partial charge in [-0.3, -0.25) is 9.48 Å². The van der Waals surface area contributed by atoms with Gasteiger partial charge in [0.15, 0.2) is 0 Å². The van der Waals surface area contributed by atoms with Crippen molar-refractivity contribution in [2.24, 2.45) is 7.05 Å². The smallest absolute Gasteiger partial charge is 0.248 e. The third-order valence-corrected chi connectivity index (χ3v) is 2.78. The quantitative estimate of drug-likeness (QED) is 0.854. The number of carbonyl (C=O) groups excluding carboxylic acids is 1. The average Bonchev–Trinajstić information content (AvgIpc) is 2.83. The van der Waals surface area contributed by atoms with E-state index >= 15 is 0 Å². The fourth-order valence-corrected chi connectivity index (χ4v) is 1.71. The molecule has 4 nitrogen and oxygen atoms in total. The summed E-state index contributed by atoms with van der Waals surface area (Å²) in [5, 5.41) is 6.85. The number of rotatable bonds is 4. The minimum absolute atomic E-state index is 0.145. The first kappa shape index (κ1) is 13.1. The molecule has 98 valence electrons. The molecule has 0 atom stereocenters. The summed E-state index contributed by atoms with van der Waals surface area (Å²) in [5.41, 5.74) is 2.96. The highest BCUT2D eigenvalue weighted by Crippen LogP contribution is 2.10. The Hall–Kier alpha value is -2.36. The zero-order chi connectivity index (χ0) is 13.7. The minimum Gasteiger partial charge on any atom is -0.323 e. The van der Waals surface area contributed by atoms with Crippen LogP contribution in [0.4, 0.5) is 5.69 Å². The van der Waals surface area contributed by atoms with Crippen LogP contribution in [0.1, 0.15) is 18.1 Å². The van der Waals surface area contributed by atoms with Crippen molar-refractivity contribution in [3.05, 3.63) is 53.9 Å². The van der Waals surface area contributed by atoms with E-state index < -0.39 is 0 Å². The van der Waals surface area contributed by atoms with Crippen LogP contribution in [0.5, 0.6) is 0 Å². The molecule has 19 heavy (non-hydrogen) atoms. The predicted octanol–water partition coefficient (Wildman–Crippen LogP) is 2.63. The van der Waals surface area contributed by atoms with E-state index in [0.29, 0.717) is 0 Å². The van der Waals surface area contributed by atoms with E-state index in [1.165, 1.54) is 11.6 Å². The molecule has 0 radical (unpaired) electrons. The molecule has 0 bridgehead atoms. The van der Waals surface area contributed by atoms with Crippen LogP contribution < -0.4 is 5.32 Å². The lowest BCUT2D eigenvalue weighted by Gasteiger charge is -2.02. The Morgan fingerprint density at radius 1 is 1.37 bits per heavy atom. The predicted molar refractivity (Wildman–Crippen MR) is 76.7 cm³/mol. The number of carbonyl (C=O) groups is 1. The number of benzene rings is 1. The summed E-state index contributed by atoms with van der Waals surface area (Å²) in [4.78, 5) is 11.7. The highest BCUT2D eigenvalue weighted by atomic mass is 16.1. The second kappa shape index (κ2) is 6.00. The molecule has 2 aromatic rings. The molecule has 0 unspecified atom stereocenters. The Labute approximate surface area is 112 Å². The molecule has 0 aliphatic rings. The van der Waals surface area contributed by atoms with Crippen molar-refractivity contribution in [3.8, 4) is 0 Å². The van der Waals surface area contributed by atoms with Gasteiger partial charge in [-0.1, -0.05) is 19.1 Å². The van der Waals surface area contributed by atoms with Crippen LogP contribution in [0.25, 0.3) is 6.08 Å². The summed E-state index contributed by atoms with van der Waals surface area (Å²) in [6.07, 6.45) is 7.79. The number of hydrogen-bond acceptors (Lipinski definition) is 2. The van der Waals surface area contributed by atoms with Crippen molar-refractivity contribution in [2.75, 3.05) is 5.32 Å². The van der Waals surface area contributed by atoms with Crippen molar-refractivity contribution >= 4 is 17.7 Å². The maximum atomic E-state index is 11.7. The topological polar surface area (TPSA) is 46.9 Å². The monoisotopic (exact) mass is 255 g/mol. The number of nitrogens with zero attached hydrogens (tertiary/aromatic N) is 2. The van der Waals surface area contributed by atoms with E-state index in [0.717, 1.165) is 17.7 Å². The van der Waals surface area contributed by atoms with E-state index in [1.807, 2.05) is 37.5 Å². The Kier molecular flexibility index (Phi) is 4.13. The number of aryl methyl sites for hydroxylation is 2. The summed E-state index contributed by atoms with van der Waals surface area (Å²) in [7, 11) is 1.84. The number of anilines is 1. The molecule has 0 fully saturated rings. The van der Waals surface area contributed by atoms with Crippen molar-refractivity contribution in [1.29, 1.82) is 0 Å². The third kappa shape index (κ3) is 3.81. The normalized spacial score (nSPS) is 10.8. The standard InChI is InChI=1S/C15H17N3O/c1-3-12-4-7-14(8-5-12)17-15(19)9-6-13-10-16-18(2)11-13/h4-11H,3H2,1-2H3,(H,17,19)/b9-6+. The maximum absolute atomic E-state index is 11.7. The van der Waals surface area contributed by atoms with Crippen LogP contribution in [0.3, 0.4) is 0 Å². The molecule has 1 amide bonds. The molecule has 2 rings (SSSR count). The first-order chi connectivity index (χ1) is 9.17. The van der Waals surface area contributed by atoms with Gasteiger partial charge in [0, 0.05) is 30.6 Å². The number of nitrogens with one attached hydrogen (secondary N) is 1. The van der Waals surface area contributed by atoms with E-state index in [1.54, 1.807) is 17.0 Å². The van der Waals surface area contributed by atoms with Gasteiger partial charge in [-0.05, 0) is 30.2 Å². The molecular weight excluding hydrogens is 238 g/mol. The Morgan fingerprint density at radius 2 is 2.11 bits per heavy atom. The van der Waals surface area contributed by atoms with Crippen molar-refractivity contribution in [3.63, 3.8) is 0 Å². The maximum Gasteiger partial charge on any atom is 0.248 e. The van der Waals surface area contributed by atoms with Gasteiger partial charge in [0.05, 0.1) is 6.20 Å². The van der Waals surface area contributed by atoms with E-state index in [4.69, 9.17) is 0 Å². The van der Waals surface area contributed by atoms with Gasteiger partial charge in [0.25, 0.3) is 0 Å². The molecule has 1 aromatic carbocycles. The lowest BCUT2D eigenvalue weighted by molar-refractivity contribution is -0.111. The molecule has 0 saturated heterocycles. The Bertz CT molecular complexity index is 582. The van der Waals surface area contributed by atoms with Gasteiger partial charge in [-0.15, -0.1) is 0 Å². The molecule has 0 spiro atoms. The highest BCUT2D eigenvalue weighted by Gasteiger charge is 1.98.